The van der Waals surface area contributed by atoms with Crippen LogP contribution in [-0.4, -0.2) is 34.1 Å². The van der Waals surface area contributed by atoms with Crippen LogP contribution in [0.15, 0.2) is 65.6 Å². The van der Waals surface area contributed by atoms with Crippen molar-refractivity contribution in [2.45, 2.75) is 6.61 Å². The van der Waals surface area contributed by atoms with Gasteiger partial charge >= 0.3 is 0 Å². The Morgan fingerprint density at radius 3 is 2.27 bits per heavy atom. The fraction of sp³-hybridized carbons (Fsp3) is 0.120. The predicted molar refractivity (Wildman–Crippen MR) is 154 cm³/mol. The zero-order valence-electron chi connectivity index (χ0n) is 18.9. The van der Waals surface area contributed by atoms with Crippen LogP contribution in [-0.2, 0) is 11.4 Å². The Balaban J connectivity index is 1.39. The molecule has 0 unspecified atom stereocenters. The fourth-order valence-corrected chi connectivity index (χ4v) is 6.29. The lowest BCUT2D eigenvalue weighted by molar-refractivity contribution is -0.384. The fourth-order valence-electron chi connectivity index (χ4n) is 3.30. The van der Waals surface area contributed by atoms with Crippen molar-refractivity contribution >= 4 is 79.9 Å². The average Bonchev–Trinajstić information content (AvgIpc) is 3.12. The van der Waals surface area contributed by atoms with Crippen LogP contribution in [0.2, 0.25) is 0 Å². The summed E-state index contributed by atoms with van der Waals surface area (Å²) in [5.74, 6) is 0.324. The second-order valence-corrected chi connectivity index (χ2v) is 11.0. The second kappa shape index (κ2) is 12.2. The van der Waals surface area contributed by atoms with Crippen LogP contribution in [0.5, 0.6) is 11.5 Å². The van der Waals surface area contributed by atoms with E-state index in [9.17, 15) is 24.1 Å². The average molecular weight is 746 g/mol. The molecule has 0 N–H and O–H groups in total. The van der Waals surface area contributed by atoms with Crippen LogP contribution in [0.4, 0.5) is 14.9 Å². The maximum Gasteiger partial charge on any atom is 0.293 e. The van der Waals surface area contributed by atoms with Gasteiger partial charge in [-0.1, -0.05) is 0 Å². The van der Waals surface area contributed by atoms with Crippen LogP contribution >= 0.6 is 56.9 Å². The maximum absolute atomic E-state index is 13.0. The summed E-state index contributed by atoms with van der Waals surface area (Å²) in [7, 11) is 0. The lowest BCUT2D eigenvalue weighted by Crippen LogP contribution is -2.32. The lowest BCUT2D eigenvalue weighted by atomic mass is 10.2. The molecule has 37 heavy (non-hydrogen) atoms. The number of hydrogen-bond donors (Lipinski definition) is 0. The highest BCUT2D eigenvalue weighted by atomic mass is 127. The van der Waals surface area contributed by atoms with Gasteiger partial charge in [0, 0.05) is 12.1 Å². The van der Waals surface area contributed by atoms with Crippen molar-refractivity contribution in [1.82, 2.24) is 4.90 Å². The van der Waals surface area contributed by atoms with Crippen molar-refractivity contribution in [1.29, 1.82) is 0 Å². The van der Waals surface area contributed by atoms with E-state index in [1.165, 1.54) is 36.4 Å². The van der Waals surface area contributed by atoms with Gasteiger partial charge in [-0.2, -0.15) is 0 Å². The Hall–Kier alpha value is -2.72. The Morgan fingerprint density at radius 1 is 1.00 bits per heavy atom. The third kappa shape index (κ3) is 6.98. The van der Waals surface area contributed by atoms with E-state index in [1.54, 1.807) is 18.2 Å². The molecule has 3 aromatic carbocycles. The van der Waals surface area contributed by atoms with E-state index in [4.69, 9.17) is 9.47 Å². The summed E-state index contributed by atoms with van der Waals surface area (Å²) in [6, 6.07) is 15.3. The number of imide groups is 1. The SMILES string of the molecule is O=C1S/C(=C\c2cc(I)c(OCc3ccc([N+](=O)[O-])cc3)c(I)c2)C(=O)N1CCOc1ccc(F)cc1. The maximum atomic E-state index is 13.0. The van der Waals surface area contributed by atoms with Gasteiger partial charge in [0.05, 0.1) is 23.5 Å². The minimum Gasteiger partial charge on any atom is -0.492 e. The predicted octanol–water partition coefficient (Wildman–Crippen LogP) is 6.64. The molecule has 0 aromatic heterocycles. The van der Waals surface area contributed by atoms with Gasteiger partial charge in [-0.15, -0.1) is 0 Å². The van der Waals surface area contributed by atoms with Crippen LogP contribution in [0.1, 0.15) is 11.1 Å². The molecule has 1 heterocycles. The number of thioether (sulfide) groups is 1. The highest BCUT2D eigenvalue weighted by molar-refractivity contribution is 14.1. The van der Waals surface area contributed by atoms with Gasteiger partial charge < -0.3 is 9.47 Å². The summed E-state index contributed by atoms with van der Waals surface area (Å²) in [6.45, 7) is 0.402. The number of carbonyl (C=O) groups is 2. The molecule has 0 atom stereocenters. The topological polar surface area (TPSA) is 99.0 Å². The van der Waals surface area contributed by atoms with E-state index < -0.39 is 10.8 Å². The Bertz CT molecular complexity index is 1360. The summed E-state index contributed by atoms with van der Waals surface area (Å²) in [5.41, 5.74) is 1.55. The molecule has 1 aliphatic heterocycles. The molecular weight excluding hydrogens is 729 g/mol. The molecule has 3 aromatic rings. The molecule has 1 aliphatic rings. The molecule has 0 saturated carbocycles. The van der Waals surface area contributed by atoms with E-state index in [0.717, 1.165) is 34.9 Å². The number of non-ortho nitro benzene ring substituents is 1. The van der Waals surface area contributed by atoms with Crippen molar-refractivity contribution in [2.75, 3.05) is 13.2 Å². The number of benzene rings is 3. The van der Waals surface area contributed by atoms with Crippen LogP contribution in [0.25, 0.3) is 6.08 Å². The third-order valence-electron chi connectivity index (χ3n) is 5.12. The first-order valence-electron chi connectivity index (χ1n) is 10.7. The molecule has 1 fully saturated rings. The molecule has 0 bridgehead atoms. The highest BCUT2D eigenvalue weighted by Crippen LogP contribution is 2.35. The Morgan fingerprint density at radius 2 is 1.65 bits per heavy atom. The molecule has 4 rings (SSSR count). The van der Waals surface area contributed by atoms with Crippen LogP contribution < -0.4 is 9.47 Å². The van der Waals surface area contributed by atoms with Crippen molar-refractivity contribution in [2.24, 2.45) is 0 Å². The number of amides is 2. The first kappa shape index (κ1) is 27.3. The molecule has 2 amide bonds. The summed E-state index contributed by atoms with van der Waals surface area (Å²) >= 11 is 5.13. The first-order valence-corrected chi connectivity index (χ1v) is 13.7. The molecule has 8 nitrogen and oxygen atoms in total. The van der Waals surface area contributed by atoms with E-state index in [0.29, 0.717) is 16.4 Å². The Kier molecular flexibility index (Phi) is 9.02. The van der Waals surface area contributed by atoms with Gasteiger partial charge in [-0.3, -0.25) is 24.6 Å². The highest BCUT2D eigenvalue weighted by Gasteiger charge is 2.34. The number of rotatable bonds is 9. The van der Waals surface area contributed by atoms with Gasteiger partial charge in [-0.05, 0) is 123 Å². The molecule has 0 spiro atoms. The summed E-state index contributed by atoms with van der Waals surface area (Å²) in [6.07, 6.45) is 1.66. The zero-order valence-corrected chi connectivity index (χ0v) is 24.0. The van der Waals surface area contributed by atoms with Crippen molar-refractivity contribution in [3.05, 3.63) is 99.8 Å². The standard InChI is InChI=1S/C25H17FI2N2O6S/c26-17-3-7-19(8-4-17)35-10-9-29-24(31)22(37-25(29)32)13-16-11-20(27)23(21(28)12-16)36-14-15-1-5-18(6-2-15)30(33)34/h1-8,11-13H,9-10,14H2/b22-13-. The normalized spacial score (nSPS) is 14.4. The monoisotopic (exact) mass is 746 g/mol. The number of carbonyl (C=O) groups excluding carboxylic acids is 2. The number of nitro groups is 1. The number of hydrogen-bond acceptors (Lipinski definition) is 7. The quantitative estimate of drug-likeness (QED) is 0.105. The minimum atomic E-state index is -0.453. The van der Waals surface area contributed by atoms with E-state index in [2.05, 4.69) is 45.2 Å². The molecule has 12 heteroatoms. The van der Waals surface area contributed by atoms with E-state index >= 15 is 0 Å². The number of nitrogens with zero attached hydrogens (tertiary/aromatic N) is 2. The summed E-state index contributed by atoms with van der Waals surface area (Å²) < 4.78 is 26.1. The van der Waals surface area contributed by atoms with E-state index in [-0.39, 0.29) is 36.5 Å². The molecule has 0 radical (unpaired) electrons. The summed E-state index contributed by atoms with van der Waals surface area (Å²) in [5, 5.41) is 10.4. The molecule has 0 aliphatic carbocycles. The second-order valence-electron chi connectivity index (χ2n) is 7.66. The third-order valence-corrected chi connectivity index (χ3v) is 7.63. The van der Waals surface area contributed by atoms with Gasteiger partial charge in [-0.25, -0.2) is 4.39 Å². The Labute approximate surface area is 242 Å². The van der Waals surface area contributed by atoms with Gasteiger partial charge in [0.2, 0.25) is 0 Å². The minimum absolute atomic E-state index is 0.0158. The zero-order chi connectivity index (χ0) is 26.5. The number of halogens is 3. The first-order chi connectivity index (χ1) is 17.7. The number of ether oxygens (including phenoxy) is 2. The van der Waals surface area contributed by atoms with Crippen molar-refractivity contribution in [3.8, 4) is 11.5 Å². The number of nitro benzene ring substituents is 1. The lowest BCUT2D eigenvalue weighted by Gasteiger charge is -2.13. The molecular formula is C25H17FI2N2O6S. The van der Waals surface area contributed by atoms with Gasteiger partial charge in [0.1, 0.15) is 30.5 Å². The molecule has 190 valence electrons. The van der Waals surface area contributed by atoms with E-state index in [1.807, 2.05) is 12.1 Å². The molecule has 1 saturated heterocycles. The van der Waals surface area contributed by atoms with Gasteiger partial charge in [0.15, 0.2) is 0 Å². The smallest absolute Gasteiger partial charge is 0.293 e. The van der Waals surface area contributed by atoms with Crippen molar-refractivity contribution < 1.29 is 28.4 Å². The van der Waals surface area contributed by atoms with Crippen molar-refractivity contribution in [3.63, 3.8) is 0 Å². The largest absolute Gasteiger partial charge is 0.492 e. The summed E-state index contributed by atoms with van der Waals surface area (Å²) in [4.78, 5) is 37.0. The van der Waals surface area contributed by atoms with Crippen LogP contribution in [0.3, 0.4) is 0 Å². The van der Waals surface area contributed by atoms with Crippen LogP contribution in [0, 0.1) is 23.1 Å². The van der Waals surface area contributed by atoms with Gasteiger partial charge in [0.25, 0.3) is 16.8 Å².